The number of methoxy groups -OCH3 is 1. The number of aryl methyl sites for hydroxylation is 1. The van der Waals surface area contributed by atoms with Gasteiger partial charge in [0.25, 0.3) is 0 Å². The van der Waals surface area contributed by atoms with Gasteiger partial charge in [0, 0.05) is 12.1 Å². The first-order chi connectivity index (χ1) is 14.8. The van der Waals surface area contributed by atoms with E-state index in [1.165, 1.54) is 24.8 Å². The van der Waals surface area contributed by atoms with E-state index in [9.17, 15) is 17.6 Å². The molecule has 3 rings (SSSR count). The van der Waals surface area contributed by atoms with Crippen molar-refractivity contribution in [3.63, 3.8) is 0 Å². The fraction of sp³-hybridized carbons (Fsp3) is 0.435. The number of halogens is 1. The third-order valence-corrected chi connectivity index (χ3v) is 7.08. The first-order valence-corrected chi connectivity index (χ1v) is 12.0. The number of rotatable bonds is 8. The summed E-state index contributed by atoms with van der Waals surface area (Å²) in [4.78, 5) is 13.8. The van der Waals surface area contributed by atoms with E-state index in [-0.39, 0.29) is 23.4 Å². The molecule has 0 unspecified atom stereocenters. The van der Waals surface area contributed by atoms with Gasteiger partial charge in [-0.3, -0.25) is 0 Å². The average molecular weight is 449 g/mol. The van der Waals surface area contributed by atoms with E-state index in [0.29, 0.717) is 12.3 Å². The number of hydrogen-bond acceptors (Lipinski definition) is 5. The van der Waals surface area contributed by atoms with Gasteiger partial charge >= 0.3 is 5.97 Å². The van der Waals surface area contributed by atoms with Gasteiger partial charge in [-0.1, -0.05) is 30.3 Å². The molecule has 6 nitrogen and oxygen atoms in total. The molecule has 31 heavy (non-hydrogen) atoms. The molecule has 1 N–H and O–H groups in total. The number of esters is 1. The normalized spacial score (nSPS) is 15.7. The summed E-state index contributed by atoms with van der Waals surface area (Å²) >= 11 is 0. The summed E-state index contributed by atoms with van der Waals surface area (Å²) in [7, 11) is -0.243. The van der Waals surface area contributed by atoms with Crippen molar-refractivity contribution in [2.75, 3.05) is 33.0 Å². The van der Waals surface area contributed by atoms with Crippen molar-refractivity contribution < 1.29 is 22.3 Å². The third kappa shape index (κ3) is 6.59. The Kier molecular flexibility index (Phi) is 7.80. The van der Waals surface area contributed by atoms with Gasteiger partial charge in [-0.2, -0.15) is 0 Å². The smallest absolute Gasteiger partial charge is 0.337 e. The lowest BCUT2D eigenvalue weighted by Crippen LogP contribution is -2.29. The molecule has 1 saturated heterocycles. The number of piperidine rings is 1. The zero-order valence-corrected chi connectivity index (χ0v) is 18.8. The Morgan fingerprint density at radius 1 is 1.19 bits per heavy atom. The molecule has 0 atom stereocenters. The molecule has 2 aromatic carbocycles. The van der Waals surface area contributed by atoms with Crippen LogP contribution >= 0.6 is 0 Å². The van der Waals surface area contributed by atoms with Crippen molar-refractivity contribution >= 4 is 16.0 Å². The number of likely N-dealkylation sites (tertiary alicyclic amines) is 1. The van der Waals surface area contributed by atoms with Crippen LogP contribution in [-0.4, -0.2) is 52.3 Å². The van der Waals surface area contributed by atoms with Gasteiger partial charge in [0.1, 0.15) is 5.82 Å². The Hall–Kier alpha value is -2.29. The summed E-state index contributed by atoms with van der Waals surface area (Å²) in [5, 5.41) is 0. The molecule has 1 aliphatic heterocycles. The van der Waals surface area contributed by atoms with E-state index in [1.54, 1.807) is 0 Å². The second kappa shape index (κ2) is 10.3. The molecular weight excluding hydrogens is 419 g/mol. The highest BCUT2D eigenvalue weighted by Gasteiger charge is 2.19. The highest BCUT2D eigenvalue weighted by atomic mass is 32.2. The molecule has 1 aliphatic rings. The second-order valence-corrected chi connectivity index (χ2v) is 9.94. The first-order valence-electron chi connectivity index (χ1n) is 10.4. The van der Waals surface area contributed by atoms with Crippen LogP contribution in [0.5, 0.6) is 0 Å². The minimum Gasteiger partial charge on any atom is -0.465 e. The Morgan fingerprint density at radius 3 is 2.61 bits per heavy atom. The Balaban J connectivity index is 1.56. The number of ether oxygens (including phenoxy) is 1. The summed E-state index contributed by atoms with van der Waals surface area (Å²) in [6.45, 7) is 1.97. The number of carbonyl (C=O) groups is 1. The SMILES string of the molecule is COC(=O)c1ccc(CNS(=O)(=O)CCc2cccc(C3CCN(C)CC3)c2)c(F)c1. The number of hydrogen-bond donors (Lipinski definition) is 1. The molecule has 0 saturated carbocycles. The molecule has 0 amide bonds. The Labute approximate surface area is 183 Å². The third-order valence-electron chi connectivity index (χ3n) is 5.76. The van der Waals surface area contributed by atoms with E-state index in [1.807, 2.05) is 12.1 Å². The summed E-state index contributed by atoms with van der Waals surface area (Å²) in [6, 6.07) is 12.0. The molecule has 1 heterocycles. The molecule has 0 radical (unpaired) electrons. The minimum atomic E-state index is -3.59. The number of nitrogens with one attached hydrogen (secondary N) is 1. The molecule has 0 aromatic heterocycles. The van der Waals surface area contributed by atoms with Gasteiger partial charge < -0.3 is 9.64 Å². The lowest BCUT2D eigenvalue weighted by Gasteiger charge is -2.29. The molecule has 8 heteroatoms. The maximum atomic E-state index is 14.2. The van der Waals surface area contributed by atoms with E-state index in [2.05, 4.69) is 33.5 Å². The van der Waals surface area contributed by atoms with Crippen LogP contribution in [-0.2, 0) is 27.7 Å². The van der Waals surface area contributed by atoms with Crippen molar-refractivity contribution in [2.24, 2.45) is 0 Å². The molecule has 0 aliphatic carbocycles. The molecule has 168 valence electrons. The van der Waals surface area contributed by atoms with Gasteiger partial charge in [-0.25, -0.2) is 22.3 Å². The summed E-state index contributed by atoms with van der Waals surface area (Å²) in [6.07, 6.45) is 2.61. The largest absolute Gasteiger partial charge is 0.465 e. The Bertz CT molecular complexity index is 1020. The Morgan fingerprint density at radius 2 is 1.94 bits per heavy atom. The van der Waals surface area contributed by atoms with Gasteiger partial charge in [-0.05, 0) is 68.6 Å². The molecular formula is C23H29FN2O4S. The zero-order chi connectivity index (χ0) is 22.4. The van der Waals surface area contributed by atoms with Crippen LogP contribution in [0, 0.1) is 5.82 Å². The highest BCUT2D eigenvalue weighted by molar-refractivity contribution is 7.89. The molecule has 1 fully saturated rings. The predicted octanol–water partition coefficient (Wildman–Crippen LogP) is 3.08. The van der Waals surface area contributed by atoms with Gasteiger partial charge in [0.15, 0.2) is 0 Å². The lowest BCUT2D eigenvalue weighted by atomic mass is 9.88. The topological polar surface area (TPSA) is 75.7 Å². The summed E-state index contributed by atoms with van der Waals surface area (Å²) in [5.41, 5.74) is 2.50. The fourth-order valence-corrected chi connectivity index (χ4v) is 4.82. The first kappa shape index (κ1) is 23.4. The van der Waals surface area contributed by atoms with Gasteiger partial charge in [0.05, 0.1) is 18.4 Å². The van der Waals surface area contributed by atoms with Crippen molar-refractivity contribution in [1.82, 2.24) is 9.62 Å². The zero-order valence-electron chi connectivity index (χ0n) is 17.9. The van der Waals surface area contributed by atoms with Crippen LogP contribution in [0.3, 0.4) is 0 Å². The van der Waals surface area contributed by atoms with Crippen molar-refractivity contribution in [3.05, 3.63) is 70.5 Å². The number of nitrogens with zero attached hydrogens (tertiary/aromatic N) is 1. The monoisotopic (exact) mass is 448 g/mol. The average Bonchev–Trinajstić information content (AvgIpc) is 2.77. The second-order valence-electron chi connectivity index (χ2n) is 8.01. The lowest BCUT2D eigenvalue weighted by molar-refractivity contribution is 0.0600. The van der Waals surface area contributed by atoms with Crippen LogP contribution in [0.2, 0.25) is 0 Å². The van der Waals surface area contributed by atoms with Crippen LogP contribution in [0.1, 0.15) is 45.8 Å². The maximum absolute atomic E-state index is 14.2. The standard InChI is InChI=1S/C23H29FN2O4S/c1-26-11-8-18(9-12-26)19-5-3-4-17(14-19)10-13-31(28,29)25-16-21-7-6-20(15-22(21)24)23(27)30-2/h3-7,14-15,18,25H,8-13,16H2,1-2H3. The molecule has 0 spiro atoms. The summed E-state index contributed by atoms with van der Waals surface area (Å²) in [5.74, 6) is -0.863. The quantitative estimate of drug-likeness (QED) is 0.628. The van der Waals surface area contributed by atoms with Gasteiger partial charge in [0.2, 0.25) is 10.0 Å². The maximum Gasteiger partial charge on any atom is 0.337 e. The number of sulfonamides is 1. The predicted molar refractivity (Wildman–Crippen MR) is 118 cm³/mol. The molecule has 2 aromatic rings. The van der Waals surface area contributed by atoms with Crippen LogP contribution in [0.4, 0.5) is 4.39 Å². The van der Waals surface area contributed by atoms with E-state index in [4.69, 9.17) is 0 Å². The fourth-order valence-electron chi connectivity index (χ4n) is 3.79. The highest BCUT2D eigenvalue weighted by Crippen LogP contribution is 2.28. The minimum absolute atomic E-state index is 0.0777. The van der Waals surface area contributed by atoms with Crippen molar-refractivity contribution in [3.8, 4) is 0 Å². The van der Waals surface area contributed by atoms with Crippen molar-refractivity contribution in [1.29, 1.82) is 0 Å². The van der Waals surface area contributed by atoms with Crippen molar-refractivity contribution in [2.45, 2.75) is 31.7 Å². The van der Waals surface area contributed by atoms with Gasteiger partial charge in [-0.15, -0.1) is 0 Å². The number of carbonyl (C=O) groups excluding carboxylic acids is 1. The molecule has 0 bridgehead atoms. The van der Waals surface area contributed by atoms with Crippen LogP contribution in [0.15, 0.2) is 42.5 Å². The number of benzene rings is 2. The summed E-state index contributed by atoms with van der Waals surface area (Å²) < 4.78 is 46.0. The van der Waals surface area contributed by atoms with E-state index < -0.39 is 21.8 Å². The van der Waals surface area contributed by atoms with E-state index >= 15 is 0 Å². The van der Waals surface area contributed by atoms with E-state index in [0.717, 1.165) is 37.6 Å². The van der Waals surface area contributed by atoms with Crippen LogP contribution in [0.25, 0.3) is 0 Å². The van der Waals surface area contributed by atoms with Crippen LogP contribution < -0.4 is 4.72 Å².